The first-order valence-corrected chi connectivity index (χ1v) is 9.12. The van der Waals surface area contributed by atoms with Crippen LogP contribution in [0, 0.1) is 0 Å². The summed E-state index contributed by atoms with van der Waals surface area (Å²) in [5.74, 6) is -0.175. The van der Waals surface area contributed by atoms with E-state index in [4.69, 9.17) is 16.3 Å². The first-order chi connectivity index (χ1) is 11.9. The van der Waals surface area contributed by atoms with Crippen molar-refractivity contribution in [3.05, 3.63) is 34.9 Å². The Labute approximate surface area is 155 Å². The van der Waals surface area contributed by atoms with E-state index in [9.17, 15) is 9.59 Å². The molecule has 1 amide bonds. The number of rotatable bonds is 11. The second-order valence-corrected chi connectivity index (χ2v) is 6.66. The van der Waals surface area contributed by atoms with Crippen molar-refractivity contribution in [2.45, 2.75) is 32.6 Å². The summed E-state index contributed by atoms with van der Waals surface area (Å²) < 4.78 is 4.95. The van der Waals surface area contributed by atoms with E-state index in [0.29, 0.717) is 31.1 Å². The van der Waals surface area contributed by atoms with Gasteiger partial charge in [-0.2, -0.15) is 0 Å². The van der Waals surface area contributed by atoms with Crippen LogP contribution in [-0.4, -0.2) is 62.0 Å². The van der Waals surface area contributed by atoms with Crippen LogP contribution < -0.4 is 0 Å². The fourth-order valence-corrected chi connectivity index (χ4v) is 2.52. The fraction of sp³-hybridized carbons (Fsp3) is 0.579. The number of halogens is 1. The van der Waals surface area contributed by atoms with Gasteiger partial charge in [-0.15, -0.1) is 0 Å². The average molecular weight is 369 g/mol. The van der Waals surface area contributed by atoms with Crippen molar-refractivity contribution in [1.82, 2.24) is 9.80 Å². The van der Waals surface area contributed by atoms with Crippen molar-refractivity contribution in [3.8, 4) is 0 Å². The zero-order valence-corrected chi connectivity index (χ0v) is 16.2. The number of aryl methyl sites for hydroxylation is 1. The molecule has 0 N–H and O–H groups in total. The highest BCUT2D eigenvalue weighted by atomic mass is 35.5. The maximum absolute atomic E-state index is 12.5. The zero-order chi connectivity index (χ0) is 18.7. The number of carbonyl (C=O) groups excluding carboxylic acids is 2. The Morgan fingerprint density at radius 2 is 1.72 bits per heavy atom. The molecule has 0 aliphatic rings. The average Bonchev–Trinajstić information content (AvgIpc) is 2.56. The maximum atomic E-state index is 12.5. The van der Waals surface area contributed by atoms with Crippen molar-refractivity contribution in [2.75, 3.05) is 40.3 Å². The van der Waals surface area contributed by atoms with Gasteiger partial charge in [0.2, 0.25) is 5.91 Å². The lowest BCUT2D eigenvalue weighted by molar-refractivity contribution is -0.144. The minimum absolute atomic E-state index is 0.0834. The van der Waals surface area contributed by atoms with Crippen LogP contribution in [0.1, 0.15) is 31.7 Å². The van der Waals surface area contributed by atoms with Crippen LogP contribution in [0.2, 0.25) is 5.02 Å². The topological polar surface area (TPSA) is 49.9 Å². The lowest BCUT2D eigenvalue weighted by atomic mass is 10.1. The van der Waals surface area contributed by atoms with Crippen molar-refractivity contribution in [1.29, 1.82) is 0 Å². The SMILES string of the molecule is CCOC(=O)CCN(CCN(C)C)C(=O)CCCc1ccc(Cl)cc1. The highest BCUT2D eigenvalue weighted by Crippen LogP contribution is 2.12. The molecule has 25 heavy (non-hydrogen) atoms. The molecule has 6 heteroatoms. The molecular weight excluding hydrogens is 340 g/mol. The van der Waals surface area contributed by atoms with E-state index in [1.165, 1.54) is 5.56 Å². The smallest absolute Gasteiger partial charge is 0.307 e. The molecule has 1 rings (SSSR count). The van der Waals surface area contributed by atoms with Gasteiger partial charge in [-0.05, 0) is 51.6 Å². The number of esters is 1. The molecule has 140 valence electrons. The quantitative estimate of drug-likeness (QED) is 0.563. The molecular formula is C19H29ClN2O3. The monoisotopic (exact) mass is 368 g/mol. The van der Waals surface area contributed by atoms with Gasteiger partial charge < -0.3 is 14.5 Å². The molecule has 0 radical (unpaired) electrons. The minimum Gasteiger partial charge on any atom is -0.466 e. The Kier molecular flexibility index (Phi) is 10.2. The van der Waals surface area contributed by atoms with Gasteiger partial charge in [0.05, 0.1) is 13.0 Å². The van der Waals surface area contributed by atoms with Crippen molar-refractivity contribution < 1.29 is 14.3 Å². The molecule has 0 aliphatic carbocycles. The predicted octanol–water partition coefficient (Wildman–Crippen LogP) is 3.01. The van der Waals surface area contributed by atoms with Gasteiger partial charge in [-0.1, -0.05) is 23.7 Å². The van der Waals surface area contributed by atoms with Gasteiger partial charge in [0.15, 0.2) is 0 Å². The van der Waals surface area contributed by atoms with Crippen LogP contribution in [-0.2, 0) is 20.7 Å². The predicted molar refractivity (Wildman–Crippen MR) is 101 cm³/mol. The molecule has 0 saturated carbocycles. The Bertz CT molecular complexity index is 532. The summed E-state index contributed by atoms with van der Waals surface area (Å²) in [4.78, 5) is 27.8. The lowest BCUT2D eigenvalue weighted by Gasteiger charge is -2.24. The zero-order valence-electron chi connectivity index (χ0n) is 15.5. The maximum Gasteiger partial charge on any atom is 0.307 e. The van der Waals surface area contributed by atoms with Crippen molar-refractivity contribution >= 4 is 23.5 Å². The largest absolute Gasteiger partial charge is 0.466 e. The number of benzene rings is 1. The third-order valence-corrected chi connectivity index (χ3v) is 4.08. The standard InChI is InChI=1S/C19H29ClN2O3/c1-4-25-19(24)12-13-22(15-14-21(2)3)18(23)7-5-6-16-8-10-17(20)11-9-16/h8-11H,4-7,12-15H2,1-3H3. The van der Waals surface area contributed by atoms with Crippen LogP contribution in [0.25, 0.3) is 0 Å². The number of hydrogen-bond acceptors (Lipinski definition) is 4. The minimum atomic E-state index is -0.258. The summed E-state index contributed by atoms with van der Waals surface area (Å²) in [5, 5.41) is 0.716. The number of hydrogen-bond donors (Lipinski definition) is 0. The molecule has 0 atom stereocenters. The number of amides is 1. The van der Waals surface area contributed by atoms with Gasteiger partial charge in [-0.25, -0.2) is 0 Å². The van der Waals surface area contributed by atoms with Gasteiger partial charge >= 0.3 is 5.97 Å². The molecule has 0 unspecified atom stereocenters. The number of carbonyl (C=O) groups is 2. The summed E-state index contributed by atoms with van der Waals surface area (Å²) in [6.07, 6.45) is 2.32. The summed E-state index contributed by atoms with van der Waals surface area (Å²) in [5.41, 5.74) is 1.17. The van der Waals surface area contributed by atoms with Crippen LogP contribution in [0.4, 0.5) is 0 Å². The number of nitrogens with zero attached hydrogens (tertiary/aromatic N) is 2. The first kappa shape index (κ1) is 21.5. The van der Waals surface area contributed by atoms with E-state index in [1.54, 1.807) is 11.8 Å². The lowest BCUT2D eigenvalue weighted by Crippen LogP contribution is -2.38. The summed E-state index contributed by atoms with van der Waals surface area (Å²) in [6.45, 7) is 3.94. The molecule has 0 bridgehead atoms. The third kappa shape index (κ3) is 9.46. The van der Waals surface area contributed by atoms with Crippen molar-refractivity contribution in [2.24, 2.45) is 0 Å². The third-order valence-electron chi connectivity index (χ3n) is 3.83. The fourth-order valence-electron chi connectivity index (χ4n) is 2.39. The van der Waals surface area contributed by atoms with E-state index in [-0.39, 0.29) is 18.3 Å². The molecule has 0 aliphatic heterocycles. The molecule has 1 aromatic rings. The summed E-state index contributed by atoms with van der Waals surface area (Å²) in [7, 11) is 3.93. The highest BCUT2D eigenvalue weighted by Gasteiger charge is 2.15. The van der Waals surface area contributed by atoms with Crippen LogP contribution >= 0.6 is 11.6 Å². The van der Waals surface area contributed by atoms with E-state index in [1.807, 2.05) is 43.3 Å². The summed E-state index contributed by atoms with van der Waals surface area (Å²) >= 11 is 5.88. The summed E-state index contributed by atoms with van der Waals surface area (Å²) in [6, 6.07) is 7.69. The van der Waals surface area contributed by atoms with E-state index < -0.39 is 0 Å². The van der Waals surface area contributed by atoms with Gasteiger partial charge in [0, 0.05) is 31.1 Å². The second-order valence-electron chi connectivity index (χ2n) is 6.22. The van der Waals surface area contributed by atoms with Crippen LogP contribution in [0.3, 0.4) is 0 Å². The van der Waals surface area contributed by atoms with Crippen LogP contribution in [0.15, 0.2) is 24.3 Å². The Morgan fingerprint density at radius 1 is 1.04 bits per heavy atom. The number of likely N-dealkylation sites (N-methyl/N-ethyl adjacent to an activating group) is 1. The highest BCUT2D eigenvalue weighted by molar-refractivity contribution is 6.30. The molecule has 0 aromatic heterocycles. The second kappa shape index (κ2) is 11.9. The van der Waals surface area contributed by atoms with Gasteiger partial charge in [0.25, 0.3) is 0 Å². The Morgan fingerprint density at radius 3 is 2.32 bits per heavy atom. The van der Waals surface area contributed by atoms with Crippen LogP contribution in [0.5, 0.6) is 0 Å². The molecule has 0 saturated heterocycles. The van der Waals surface area contributed by atoms with E-state index in [0.717, 1.165) is 19.4 Å². The van der Waals surface area contributed by atoms with E-state index >= 15 is 0 Å². The Hall–Kier alpha value is -1.59. The molecule has 5 nitrogen and oxygen atoms in total. The van der Waals surface area contributed by atoms with Gasteiger partial charge in [0.1, 0.15) is 0 Å². The first-order valence-electron chi connectivity index (χ1n) is 8.75. The molecule has 0 fully saturated rings. The normalized spacial score (nSPS) is 10.8. The van der Waals surface area contributed by atoms with Crippen molar-refractivity contribution in [3.63, 3.8) is 0 Å². The molecule has 1 aromatic carbocycles. The molecule has 0 spiro atoms. The molecule has 0 heterocycles. The van der Waals surface area contributed by atoms with Gasteiger partial charge in [-0.3, -0.25) is 9.59 Å². The number of ether oxygens (including phenoxy) is 1. The van der Waals surface area contributed by atoms with E-state index in [2.05, 4.69) is 0 Å². The Balaban J connectivity index is 2.46.